The SMILES string of the molecule is c1ccc(-c2ccccc2Nc2ccc3ccccc3c2-c2cccc3ccccc23)cc1. The zero-order valence-electron chi connectivity index (χ0n) is 18.2. The summed E-state index contributed by atoms with van der Waals surface area (Å²) in [4.78, 5) is 0. The Labute approximate surface area is 194 Å². The first-order valence-corrected chi connectivity index (χ1v) is 11.3. The molecule has 1 nitrogen and oxygen atoms in total. The Bertz CT molecular complexity index is 1580. The molecule has 6 aromatic rings. The van der Waals surface area contributed by atoms with Crippen LogP contribution >= 0.6 is 0 Å². The molecule has 0 spiro atoms. The van der Waals surface area contributed by atoms with Crippen molar-refractivity contribution in [1.82, 2.24) is 0 Å². The predicted molar refractivity (Wildman–Crippen MR) is 142 cm³/mol. The zero-order valence-corrected chi connectivity index (χ0v) is 18.2. The number of hydrogen-bond donors (Lipinski definition) is 1. The van der Waals surface area contributed by atoms with E-state index in [-0.39, 0.29) is 0 Å². The Morgan fingerprint density at radius 3 is 1.82 bits per heavy atom. The van der Waals surface area contributed by atoms with Gasteiger partial charge in [-0.2, -0.15) is 0 Å². The summed E-state index contributed by atoms with van der Waals surface area (Å²) in [7, 11) is 0. The molecular weight excluding hydrogens is 398 g/mol. The van der Waals surface area contributed by atoms with Crippen LogP contribution in [0.25, 0.3) is 43.8 Å². The normalized spacial score (nSPS) is 11.0. The van der Waals surface area contributed by atoms with Crippen molar-refractivity contribution in [3.05, 3.63) is 133 Å². The van der Waals surface area contributed by atoms with E-state index in [1.54, 1.807) is 0 Å². The van der Waals surface area contributed by atoms with Gasteiger partial charge in [-0.05, 0) is 44.8 Å². The molecule has 0 aliphatic rings. The summed E-state index contributed by atoms with van der Waals surface area (Å²) in [5, 5.41) is 8.79. The minimum absolute atomic E-state index is 1.10. The first kappa shape index (κ1) is 19.3. The highest BCUT2D eigenvalue weighted by Crippen LogP contribution is 2.41. The zero-order chi connectivity index (χ0) is 22.0. The Kier molecular flexibility index (Phi) is 4.86. The van der Waals surface area contributed by atoms with Crippen LogP contribution in [-0.2, 0) is 0 Å². The number of fused-ring (bicyclic) bond motifs is 2. The number of benzene rings is 6. The van der Waals surface area contributed by atoms with E-state index >= 15 is 0 Å². The summed E-state index contributed by atoms with van der Waals surface area (Å²) in [6.07, 6.45) is 0. The third kappa shape index (κ3) is 3.54. The average Bonchev–Trinajstić information content (AvgIpc) is 2.89. The number of rotatable bonds is 4. The maximum absolute atomic E-state index is 3.79. The van der Waals surface area contributed by atoms with Crippen LogP contribution in [0.15, 0.2) is 133 Å². The Hall–Kier alpha value is -4.36. The topological polar surface area (TPSA) is 12.0 Å². The van der Waals surface area contributed by atoms with E-state index in [0.29, 0.717) is 0 Å². The van der Waals surface area contributed by atoms with Crippen molar-refractivity contribution in [1.29, 1.82) is 0 Å². The van der Waals surface area contributed by atoms with Gasteiger partial charge in [0.2, 0.25) is 0 Å². The fraction of sp³-hybridized carbons (Fsp3) is 0. The van der Waals surface area contributed by atoms with E-state index < -0.39 is 0 Å². The van der Waals surface area contributed by atoms with Crippen molar-refractivity contribution >= 4 is 32.9 Å². The van der Waals surface area contributed by atoms with Crippen molar-refractivity contribution in [2.75, 3.05) is 5.32 Å². The lowest BCUT2D eigenvalue weighted by molar-refractivity contribution is 1.54. The fourth-order valence-electron chi connectivity index (χ4n) is 4.72. The molecule has 0 amide bonds. The minimum atomic E-state index is 1.10. The van der Waals surface area contributed by atoms with Crippen LogP contribution in [0.4, 0.5) is 11.4 Å². The van der Waals surface area contributed by atoms with Crippen molar-refractivity contribution in [2.24, 2.45) is 0 Å². The Morgan fingerprint density at radius 2 is 0.970 bits per heavy atom. The van der Waals surface area contributed by atoms with Crippen molar-refractivity contribution in [3.8, 4) is 22.3 Å². The first-order valence-electron chi connectivity index (χ1n) is 11.3. The standard InChI is InChI=1S/C32H23N/c1-2-11-24(12-3-1)27-17-8-9-20-30(27)33-31-22-21-25-14-5-7-18-28(25)32(31)29-19-10-15-23-13-4-6-16-26(23)29/h1-22,33H. The van der Waals surface area contributed by atoms with Gasteiger partial charge in [0, 0.05) is 22.5 Å². The van der Waals surface area contributed by atoms with Crippen molar-refractivity contribution in [2.45, 2.75) is 0 Å². The molecule has 0 saturated carbocycles. The van der Waals surface area contributed by atoms with Gasteiger partial charge in [-0.3, -0.25) is 0 Å². The Balaban J connectivity index is 1.59. The van der Waals surface area contributed by atoms with E-state index in [2.05, 4.69) is 139 Å². The van der Waals surface area contributed by atoms with Gasteiger partial charge in [0.15, 0.2) is 0 Å². The van der Waals surface area contributed by atoms with Gasteiger partial charge in [0.05, 0.1) is 0 Å². The highest BCUT2D eigenvalue weighted by molar-refractivity contribution is 6.10. The van der Waals surface area contributed by atoms with E-state index in [1.165, 1.54) is 43.8 Å². The second kappa shape index (κ2) is 8.29. The van der Waals surface area contributed by atoms with Gasteiger partial charge in [-0.1, -0.05) is 121 Å². The lowest BCUT2D eigenvalue weighted by Crippen LogP contribution is -1.97. The molecule has 0 radical (unpaired) electrons. The molecule has 0 atom stereocenters. The van der Waals surface area contributed by atoms with Crippen LogP contribution in [0.5, 0.6) is 0 Å². The molecule has 0 fully saturated rings. The van der Waals surface area contributed by atoms with Gasteiger partial charge >= 0.3 is 0 Å². The van der Waals surface area contributed by atoms with Gasteiger partial charge in [-0.25, -0.2) is 0 Å². The molecule has 0 aliphatic carbocycles. The maximum Gasteiger partial charge on any atom is 0.0470 e. The highest BCUT2D eigenvalue weighted by Gasteiger charge is 2.14. The second-order valence-corrected chi connectivity index (χ2v) is 8.27. The summed E-state index contributed by atoms with van der Waals surface area (Å²) in [5.74, 6) is 0. The molecule has 0 bridgehead atoms. The third-order valence-corrected chi connectivity index (χ3v) is 6.27. The second-order valence-electron chi connectivity index (χ2n) is 8.27. The van der Waals surface area contributed by atoms with Crippen molar-refractivity contribution in [3.63, 3.8) is 0 Å². The number of anilines is 2. The molecule has 6 rings (SSSR count). The molecule has 0 aromatic heterocycles. The minimum Gasteiger partial charge on any atom is -0.354 e. The number of nitrogens with one attached hydrogen (secondary N) is 1. The fourth-order valence-corrected chi connectivity index (χ4v) is 4.72. The van der Waals surface area contributed by atoms with Gasteiger partial charge in [-0.15, -0.1) is 0 Å². The molecule has 6 aromatic carbocycles. The average molecular weight is 422 g/mol. The highest BCUT2D eigenvalue weighted by atomic mass is 14.9. The molecular formula is C32H23N. The molecule has 1 heteroatoms. The third-order valence-electron chi connectivity index (χ3n) is 6.27. The number of para-hydroxylation sites is 1. The van der Waals surface area contributed by atoms with Crippen LogP contribution in [0, 0.1) is 0 Å². The molecule has 0 aliphatic heterocycles. The van der Waals surface area contributed by atoms with Crippen LogP contribution in [0.1, 0.15) is 0 Å². The molecule has 0 heterocycles. The predicted octanol–water partition coefficient (Wildman–Crippen LogP) is 9.07. The summed E-state index contributed by atoms with van der Waals surface area (Å²) >= 11 is 0. The van der Waals surface area contributed by atoms with Gasteiger partial charge < -0.3 is 5.32 Å². The molecule has 33 heavy (non-hydrogen) atoms. The Morgan fingerprint density at radius 1 is 0.364 bits per heavy atom. The van der Waals surface area contributed by atoms with Crippen LogP contribution in [0.2, 0.25) is 0 Å². The summed E-state index contributed by atoms with van der Waals surface area (Å²) in [5.41, 5.74) is 7.06. The monoisotopic (exact) mass is 421 g/mol. The van der Waals surface area contributed by atoms with E-state index in [9.17, 15) is 0 Å². The van der Waals surface area contributed by atoms with Crippen LogP contribution in [0.3, 0.4) is 0 Å². The summed E-state index contributed by atoms with van der Waals surface area (Å²) in [6.45, 7) is 0. The summed E-state index contributed by atoms with van der Waals surface area (Å²) < 4.78 is 0. The molecule has 0 unspecified atom stereocenters. The van der Waals surface area contributed by atoms with Crippen molar-refractivity contribution < 1.29 is 0 Å². The first-order chi connectivity index (χ1) is 16.4. The van der Waals surface area contributed by atoms with Gasteiger partial charge in [0.1, 0.15) is 0 Å². The van der Waals surface area contributed by atoms with E-state index in [1.807, 2.05) is 0 Å². The van der Waals surface area contributed by atoms with E-state index in [0.717, 1.165) is 11.4 Å². The van der Waals surface area contributed by atoms with Gasteiger partial charge in [0.25, 0.3) is 0 Å². The van der Waals surface area contributed by atoms with Crippen LogP contribution in [-0.4, -0.2) is 0 Å². The smallest absolute Gasteiger partial charge is 0.0470 e. The lowest BCUT2D eigenvalue weighted by atomic mass is 9.92. The number of hydrogen-bond acceptors (Lipinski definition) is 1. The quantitative estimate of drug-likeness (QED) is 0.299. The van der Waals surface area contributed by atoms with E-state index in [4.69, 9.17) is 0 Å². The lowest BCUT2D eigenvalue weighted by Gasteiger charge is -2.19. The molecule has 0 saturated heterocycles. The maximum atomic E-state index is 3.79. The molecule has 156 valence electrons. The van der Waals surface area contributed by atoms with Crippen LogP contribution < -0.4 is 5.32 Å². The largest absolute Gasteiger partial charge is 0.354 e. The molecule has 1 N–H and O–H groups in total. The summed E-state index contributed by atoms with van der Waals surface area (Å²) in [6, 6.07) is 47.3.